The van der Waals surface area contributed by atoms with Crippen molar-refractivity contribution in [2.45, 2.75) is 45.4 Å². The Hall–Kier alpha value is -2.41. The zero-order chi connectivity index (χ0) is 19.8. The summed E-state index contributed by atoms with van der Waals surface area (Å²) in [5.41, 5.74) is -1.03. The Morgan fingerprint density at radius 1 is 1.11 bits per heavy atom. The second kappa shape index (κ2) is 6.96. The summed E-state index contributed by atoms with van der Waals surface area (Å²) in [6.07, 6.45) is 0.800. The minimum absolute atomic E-state index is 0.0406. The van der Waals surface area contributed by atoms with Crippen molar-refractivity contribution in [2.75, 3.05) is 19.7 Å². The van der Waals surface area contributed by atoms with Crippen LogP contribution in [-0.2, 0) is 14.3 Å². The Bertz CT molecular complexity index is 732. The molecule has 2 saturated heterocycles. The molecule has 7 nitrogen and oxygen atoms in total. The molecule has 3 rings (SSSR count). The first-order valence-electron chi connectivity index (χ1n) is 9.20. The zero-order valence-electron chi connectivity index (χ0n) is 16.0. The van der Waals surface area contributed by atoms with Gasteiger partial charge in [-0.15, -0.1) is 0 Å². The van der Waals surface area contributed by atoms with Gasteiger partial charge in [0, 0.05) is 36.9 Å². The molecule has 1 atom stereocenters. The second-order valence-electron chi connectivity index (χ2n) is 8.19. The predicted molar refractivity (Wildman–Crippen MR) is 98.0 cm³/mol. The van der Waals surface area contributed by atoms with Crippen LogP contribution in [0, 0.1) is 5.41 Å². The molecule has 2 aliphatic heterocycles. The summed E-state index contributed by atoms with van der Waals surface area (Å²) < 4.78 is 5.91. The van der Waals surface area contributed by atoms with Crippen LogP contribution in [0.15, 0.2) is 30.3 Å². The molecule has 1 aromatic rings. The van der Waals surface area contributed by atoms with Crippen LogP contribution in [0.1, 0.15) is 44.0 Å². The number of aliphatic carboxylic acids is 1. The molecule has 0 saturated carbocycles. The molecule has 146 valence electrons. The minimum atomic E-state index is -1.08. The van der Waals surface area contributed by atoms with Gasteiger partial charge >= 0.3 is 5.97 Å². The number of rotatable bonds is 2. The first-order chi connectivity index (χ1) is 12.7. The monoisotopic (exact) mass is 374 g/mol. The third-order valence-corrected chi connectivity index (χ3v) is 5.26. The van der Waals surface area contributed by atoms with Crippen LogP contribution in [0.5, 0.6) is 0 Å². The van der Waals surface area contributed by atoms with Gasteiger partial charge in [0.05, 0.1) is 6.61 Å². The molecule has 2 amide bonds. The standard InChI is InChI=1S/C20H26N2O5/c1-19(2,3)18(26)21-11-9-20(10-12-21)22(15(13-27-20)17(24)25)16(23)14-7-5-4-6-8-14/h4-8,15H,9-13H2,1-3H3,(H,24,25)/t15-/m0/s1. The maximum Gasteiger partial charge on any atom is 0.328 e. The van der Waals surface area contributed by atoms with Crippen LogP contribution in [-0.4, -0.2) is 64.2 Å². The number of likely N-dealkylation sites (tertiary alicyclic amines) is 1. The van der Waals surface area contributed by atoms with Crippen molar-refractivity contribution >= 4 is 17.8 Å². The average Bonchev–Trinajstić information content (AvgIpc) is 3.00. The normalized spacial score (nSPS) is 22.1. The molecule has 0 aromatic heterocycles. The van der Waals surface area contributed by atoms with E-state index in [0.29, 0.717) is 31.5 Å². The van der Waals surface area contributed by atoms with Crippen molar-refractivity contribution in [3.8, 4) is 0 Å². The molecule has 0 bridgehead atoms. The van der Waals surface area contributed by atoms with Crippen LogP contribution in [0.4, 0.5) is 0 Å². The van der Waals surface area contributed by atoms with Gasteiger partial charge in [-0.2, -0.15) is 0 Å². The number of nitrogens with zero attached hydrogens (tertiary/aromatic N) is 2. The predicted octanol–water partition coefficient (Wildman–Crippen LogP) is 1.98. The summed E-state index contributed by atoms with van der Waals surface area (Å²) in [6, 6.07) is 7.62. The molecule has 2 aliphatic rings. The van der Waals surface area contributed by atoms with Gasteiger partial charge < -0.3 is 14.7 Å². The second-order valence-corrected chi connectivity index (χ2v) is 8.19. The molecule has 1 aromatic carbocycles. The van der Waals surface area contributed by atoms with E-state index in [0.717, 1.165) is 0 Å². The summed E-state index contributed by atoms with van der Waals surface area (Å²) in [7, 11) is 0. The first-order valence-corrected chi connectivity index (χ1v) is 9.20. The van der Waals surface area contributed by atoms with Crippen molar-refractivity contribution in [1.82, 2.24) is 9.80 Å². The van der Waals surface area contributed by atoms with Crippen LogP contribution in [0.25, 0.3) is 0 Å². The SMILES string of the molecule is CC(C)(C)C(=O)N1CCC2(CC1)OC[C@@H](C(=O)O)N2C(=O)c1ccccc1. The number of hydrogen-bond donors (Lipinski definition) is 1. The summed E-state index contributed by atoms with van der Waals surface area (Å²) in [5.74, 6) is -1.38. The van der Waals surface area contributed by atoms with E-state index in [-0.39, 0.29) is 18.4 Å². The summed E-state index contributed by atoms with van der Waals surface area (Å²) in [4.78, 5) is 40.5. The van der Waals surface area contributed by atoms with E-state index in [1.807, 2.05) is 20.8 Å². The van der Waals surface area contributed by atoms with Crippen LogP contribution >= 0.6 is 0 Å². The Balaban J connectivity index is 1.85. The van der Waals surface area contributed by atoms with E-state index in [1.54, 1.807) is 35.2 Å². The van der Waals surface area contributed by atoms with E-state index in [9.17, 15) is 19.5 Å². The van der Waals surface area contributed by atoms with Crippen molar-refractivity contribution in [3.05, 3.63) is 35.9 Å². The lowest BCUT2D eigenvalue weighted by Gasteiger charge is -2.45. The highest BCUT2D eigenvalue weighted by Gasteiger charge is 2.54. The maximum absolute atomic E-state index is 13.1. The van der Waals surface area contributed by atoms with E-state index in [1.165, 1.54) is 4.90 Å². The van der Waals surface area contributed by atoms with Crippen molar-refractivity contribution in [1.29, 1.82) is 0 Å². The van der Waals surface area contributed by atoms with Gasteiger partial charge in [0.15, 0.2) is 6.04 Å². The van der Waals surface area contributed by atoms with E-state index in [2.05, 4.69) is 0 Å². The number of carboxylic acid groups (broad SMARTS) is 1. The van der Waals surface area contributed by atoms with Crippen molar-refractivity contribution < 1.29 is 24.2 Å². The molecule has 1 spiro atoms. The van der Waals surface area contributed by atoms with Gasteiger partial charge in [-0.05, 0) is 12.1 Å². The van der Waals surface area contributed by atoms with Crippen molar-refractivity contribution in [2.24, 2.45) is 5.41 Å². The Morgan fingerprint density at radius 3 is 2.22 bits per heavy atom. The summed E-state index contributed by atoms with van der Waals surface area (Å²) in [6.45, 7) is 6.44. The maximum atomic E-state index is 13.1. The highest BCUT2D eigenvalue weighted by atomic mass is 16.5. The number of carbonyl (C=O) groups excluding carboxylic acids is 2. The lowest BCUT2D eigenvalue weighted by molar-refractivity contribution is -0.152. The number of benzene rings is 1. The van der Waals surface area contributed by atoms with E-state index < -0.39 is 23.2 Å². The smallest absolute Gasteiger partial charge is 0.328 e. The highest BCUT2D eigenvalue weighted by molar-refractivity contribution is 5.97. The molecule has 2 fully saturated rings. The molecule has 0 aliphatic carbocycles. The molecule has 7 heteroatoms. The molecule has 27 heavy (non-hydrogen) atoms. The number of piperidine rings is 1. The van der Waals surface area contributed by atoms with E-state index in [4.69, 9.17) is 4.74 Å². The van der Waals surface area contributed by atoms with Gasteiger partial charge in [-0.25, -0.2) is 4.79 Å². The molecule has 0 unspecified atom stereocenters. The quantitative estimate of drug-likeness (QED) is 0.855. The summed E-state index contributed by atoms with van der Waals surface area (Å²) >= 11 is 0. The topological polar surface area (TPSA) is 87.2 Å². The molecule has 2 heterocycles. The van der Waals surface area contributed by atoms with Gasteiger partial charge in [0.25, 0.3) is 5.91 Å². The largest absolute Gasteiger partial charge is 0.480 e. The van der Waals surface area contributed by atoms with Crippen LogP contribution in [0.2, 0.25) is 0 Å². The molecule has 1 N–H and O–H groups in total. The zero-order valence-corrected chi connectivity index (χ0v) is 16.0. The lowest BCUT2D eigenvalue weighted by atomic mass is 9.91. The molecular weight excluding hydrogens is 348 g/mol. The van der Waals surface area contributed by atoms with Gasteiger partial charge in [-0.3, -0.25) is 14.5 Å². The van der Waals surface area contributed by atoms with Gasteiger partial charge in [-0.1, -0.05) is 39.0 Å². The lowest BCUT2D eigenvalue weighted by Crippen LogP contribution is -2.59. The first kappa shape index (κ1) is 19.4. The number of amides is 2. The fourth-order valence-electron chi connectivity index (χ4n) is 3.81. The fourth-order valence-corrected chi connectivity index (χ4v) is 3.81. The number of ether oxygens (including phenoxy) is 1. The average molecular weight is 374 g/mol. The number of carboxylic acids is 1. The highest BCUT2D eigenvalue weighted by Crippen LogP contribution is 2.39. The number of hydrogen-bond acceptors (Lipinski definition) is 4. The van der Waals surface area contributed by atoms with E-state index >= 15 is 0 Å². The van der Waals surface area contributed by atoms with Crippen LogP contribution in [0.3, 0.4) is 0 Å². The third kappa shape index (κ3) is 3.56. The van der Waals surface area contributed by atoms with Crippen LogP contribution < -0.4 is 0 Å². The van der Waals surface area contributed by atoms with Gasteiger partial charge in [0.1, 0.15) is 5.72 Å². The Morgan fingerprint density at radius 2 is 1.70 bits per heavy atom. The fraction of sp³-hybridized carbons (Fsp3) is 0.550. The molecule has 0 radical (unpaired) electrons. The minimum Gasteiger partial charge on any atom is -0.480 e. The third-order valence-electron chi connectivity index (χ3n) is 5.26. The Labute approximate surface area is 158 Å². The Kier molecular flexibility index (Phi) is 4.99. The number of carbonyl (C=O) groups is 3. The van der Waals surface area contributed by atoms with Crippen molar-refractivity contribution in [3.63, 3.8) is 0 Å². The van der Waals surface area contributed by atoms with Gasteiger partial charge in [0.2, 0.25) is 5.91 Å². The summed E-state index contributed by atoms with van der Waals surface area (Å²) in [5, 5.41) is 9.60. The molecular formula is C20H26N2O5.